The molecular weight excluding hydrogens is 240 g/mol. The summed E-state index contributed by atoms with van der Waals surface area (Å²) in [4.78, 5) is 13.8. The second kappa shape index (κ2) is 4.85. The van der Waals surface area contributed by atoms with Gasteiger partial charge in [-0.3, -0.25) is 4.90 Å². The van der Waals surface area contributed by atoms with Gasteiger partial charge in [0.2, 0.25) is 0 Å². The lowest BCUT2D eigenvalue weighted by Crippen LogP contribution is -2.53. The Morgan fingerprint density at radius 2 is 2.26 bits per heavy atom. The summed E-state index contributed by atoms with van der Waals surface area (Å²) in [5, 5.41) is 3.47. The number of hydrogen-bond donors (Lipinski definition) is 1. The number of fused-ring (bicyclic) bond motifs is 1. The number of nitrogens with zero attached hydrogens (tertiary/aromatic N) is 1. The molecule has 0 saturated carbocycles. The number of carbonyl (C=O) groups is 1. The molecule has 3 rings (SSSR count). The third-order valence-corrected chi connectivity index (χ3v) is 4.30. The molecule has 1 aromatic carbocycles. The first-order valence-electron chi connectivity index (χ1n) is 6.88. The highest BCUT2D eigenvalue weighted by Gasteiger charge is 2.40. The van der Waals surface area contributed by atoms with Crippen molar-refractivity contribution < 1.29 is 9.53 Å². The molecule has 1 amide bonds. The number of carbonyl (C=O) groups excluding carboxylic acids is 1. The molecule has 0 radical (unpaired) electrons. The molecule has 0 bridgehead atoms. The van der Waals surface area contributed by atoms with Gasteiger partial charge in [-0.25, -0.2) is 4.79 Å². The van der Waals surface area contributed by atoms with Crippen molar-refractivity contribution in [3.63, 3.8) is 0 Å². The molecule has 2 heterocycles. The number of para-hydroxylation sites is 1. The molecule has 1 saturated heterocycles. The van der Waals surface area contributed by atoms with E-state index in [0.717, 1.165) is 31.7 Å². The molecule has 1 spiro atoms. The number of anilines is 1. The molecule has 0 aromatic heterocycles. The quantitative estimate of drug-likeness (QED) is 0.777. The molecule has 1 unspecified atom stereocenters. The first kappa shape index (κ1) is 12.5. The van der Waals surface area contributed by atoms with Gasteiger partial charge in [0.15, 0.2) is 0 Å². The van der Waals surface area contributed by atoms with Gasteiger partial charge in [0.25, 0.3) is 0 Å². The van der Waals surface area contributed by atoms with Crippen molar-refractivity contribution in [1.29, 1.82) is 0 Å². The number of rotatable bonds is 0. The molecule has 4 nitrogen and oxygen atoms in total. The van der Waals surface area contributed by atoms with Crippen molar-refractivity contribution in [2.75, 3.05) is 31.6 Å². The SMILES string of the molecule is COC(=O)N1CC2(CCCNC2)Cc2ccccc21. The highest BCUT2D eigenvalue weighted by molar-refractivity contribution is 5.89. The lowest BCUT2D eigenvalue weighted by Gasteiger charge is -2.45. The van der Waals surface area contributed by atoms with E-state index >= 15 is 0 Å². The van der Waals surface area contributed by atoms with E-state index in [1.807, 2.05) is 18.2 Å². The molecule has 1 aromatic rings. The lowest BCUT2D eigenvalue weighted by molar-refractivity contribution is 0.161. The van der Waals surface area contributed by atoms with E-state index in [1.54, 1.807) is 4.90 Å². The molecule has 19 heavy (non-hydrogen) atoms. The van der Waals surface area contributed by atoms with Gasteiger partial charge >= 0.3 is 6.09 Å². The lowest BCUT2D eigenvalue weighted by atomic mass is 9.73. The van der Waals surface area contributed by atoms with Crippen molar-refractivity contribution in [3.05, 3.63) is 29.8 Å². The second-order valence-electron chi connectivity index (χ2n) is 5.64. The number of piperidine rings is 1. The van der Waals surface area contributed by atoms with Gasteiger partial charge in [-0.2, -0.15) is 0 Å². The Hall–Kier alpha value is -1.55. The van der Waals surface area contributed by atoms with Crippen molar-refractivity contribution in [2.45, 2.75) is 19.3 Å². The summed E-state index contributed by atoms with van der Waals surface area (Å²) in [6, 6.07) is 8.16. The maximum Gasteiger partial charge on any atom is 0.414 e. The van der Waals surface area contributed by atoms with E-state index in [4.69, 9.17) is 4.74 Å². The van der Waals surface area contributed by atoms with Gasteiger partial charge in [-0.15, -0.1) is 0 Å². The highest BCUT2D eigenvalue weighted by Crippen LogP contribution is 2.40. The second-order valence-corrected chi connectivity index (χ2v) is 5.64. The third kappa shape index (κ3) is 2.21. The summed E-state index contributed by atoms with van der Waals surface area (Å²) in [5.74, 6) is 0. The minimum atomic E-state index is -0.253. The molecule has 2 aliphatic rings. The summed E-state index contributed by atoms with van der Waals surface area (Å²) in [7, 11) is 1.45. The standard InChI is InChI=1S/C15H20N2O2/c1-19-14(18)17-11-15(7-4-8-16-10-15)9-12-5-2-3-6-13(12)17/h2-3,5-6,16H,4,7-11H2,1H3. The zero-order chi connectivity index (χ0) is 13.3. The van der Waals surface area contributed by atoms with E-state index in [9.17, 15) is 4.79 Å². The molecule has 1 N–H and O–H groups in total. The molecule has 0 aliphatic carbocycles. The average molecular weight is 260 g/mol. The fourth-order valence-electron chi connectivity index (χ4n) is 3.39. The molecule has 4 heteroatoms. The van der Waals surface area contributed by atoms with E-state index in [1.165, 1.54) is 25.5 Å². The van der Waals surface area contributed by atoms with Crippen LogP contribution < -0.4 is 10.2 Å². The Morgan fingerprint density at radius 1 is 1.42 bits per heavy atom. The predicted octanol–water partition coefficient (Wildman–Crippen LogP) is 2.19. The summed E-state index contributed by atoms with van der Waals surface area (Å²) in [6.07, 6.45) is 3.14. The highest BCUT2D eigenvalue weighted by atomic mass is 16.5. The Labute approximate surface area is 113 Å². The van der Waals surface area contributed by atoms with Crippen LogP contribution in [0.2, 0.25) is 0 Å². The maximum absolute atomic E-state index is 12.0. The molecule has 1 fully saturated rings. The van der Waals surface area contributed by atoms with E-state index in [-0.39, 0.29) is 11.5 Å². The summed E-state index contributed by atoms with van der Waals surface area (Å²) in [5.41, 5.74) is 2.43. The molecule has 2 aliphatic heterocycles. The van der Waals surface area contributed by atoms with Crippen LogP contribution in [0.1, 0.15) is 18.4 Å². The van der Waals surface area contributed by atoms with Crippen molar-refractivity contribution in [1.82, 2.24) is 5.32 Å². The van der Waals surface area contributed by atoms with Gasteiger partial charge in [-0.1, -0.05) is 18.2 Å². The smallest absolute Gasteiger partial charge is 0.414 e. The topological polar surface area (TPSA) is 41.6 Å². The Kier molecular flexibility index (Phi) is 3.19. The van der Waals surface area contributed by atoms with Crippen LogP contribution in [-0.4, -0.2) is 32.8 Å². The third-order valence-electron chi connectivity index (χ3n) is 4.30. The Morgan fingerprint density at radius 3 is 3.00 bits per heavy atom. The van der Waals surface area contributed by atoms with Gasteiger partial charge in [0.1, 0.15) is 0 Å². The Bertz CT molecular complexity index is 481. The summed E-state index contributed by atoms with van der Waals surface area (Å²) < 4.78 is 4.95. The van der Waals surface area contributed by atoms with Crippen LogP contribution in [0.15, 0.2) is 24.3 Å². The first-order chi connectivity index (χ1) is 9.24. The molecule has 1 atom stereocenters. The van der Waals surface area contributed by atoms with Crippen LogP contribution >= 0.6 is 0 Å². The number of benzene rings is 1. The van der Waals surface area contributed by atoms with Crippen molar-refractivity contribution in [3.8, 4) is 0 Å². The van der Waals surface area contributed by atoms with Gasteiger partial charge in [-0.05, 0) is 37.4 Å². The number of ether oxygens (including phenoxy) is 1. The zero-order valence-corrected chi connectivity index (χ0v) is 11.3. The zero-order valence-electron chi connectivity index (χ0n) is 11.3. The normalized spacial score (nSPS) is 26.1. The largest absolute Gasteiger partial charge is 0.452 e. The fourth-order valence-corrected chi connectivity index (χ4v) is 3.39. The van der Waals surface area contributed by atoms with Gasteiger partial charge in [0, 0.05) is 18.5 Å². The van der Waals surface area contributed by atoms with Gasteiger partial charge in [0.05, 0.1) is 12.8 Å². The number of nitrogens with one attached hydrogen (secondary N) is 1. The number of methoxy groups -OCH3 is 1. The van der Waals surface area contributed by atoms with Crippen LogP contribution in [0.5, 0.6) is 0 Å². The van der Waals surface area contributed by atoms with E-state index in [0.29, 0.717) is 0 Å². The monoisotopic (exact) mass is 260 g/mol. The summed E-state index contributed by atoms with van der Waals surface area (Å²) in [6.45, 7) is 2.82. The van der Waals surface area contributed by atoms with Crippen LogP contribution in [0.4, 0.5) is 10.5 Å². The predicted molar refractivity (Wildman–Crippen MR) is 74.4 cm³/mol. The van der Waals surface area contributed by atoms with Crippen LogP contribution in [-0.2, 0) is 11.2 Å². The minimum absolute atomic E-state index is 0.167. The maximum atomic E-state index is 12.0. The van der Waals surface area contributed by atoms with E-state index in [2.05, 4.69) is 11.4 Å². The fraction of sp³-hybridized carbons (Fsp3) is 0.533. The minimum Gasteiger partial charge on any atom is -0.452 e. The first-order valence-corrected chi connectivity index (χ1v) is 6.88. The summed E-state index contributed by atoms with van der Waals surface area (Å²) >= 11 is 0. The van der Waals surface area contributed by atoms with Gasteiger partial charge < -0.3 is 10.1 Å². The van der Waals surface area contributed by atoms with Crippen LogP contribution in [0, 0.1) is 5.41 Å². The number of hydrogen-bond acceptors (Lipinski definition) is 3. The van der Waals surface area contributed by atoms with Crippen molar-refractivity contribution >= 4 is 11.8 Å². The number of amides is 1. The molecule has 102 valence electrons. The Balaban J connectivity index is 1.97. The molecular formula is C15H20N2O2. The average Bonchev–Trinajstić information content (AvgIpc) is 2.46. The van der Waals surface area contributed by atoms with Crippen molar-refractivity contribution in [2.24, 2.45) is 5.41 Å². The van der Waals surface area contributed by atoms with E-state index < -0.39 is 0 Å². The van der Waals surface area contributed by atoms with Crippen LogP contribution in [0.25, 0.3) is 0 Å². The van der Waals surface area contributed by atoms with Crippen LogP contribution in [0.3, 0.4) is 0 Å².